The molecule has 36 heavy (non-hydrogen) atoms. The zero-order chi connectivity index (χ0) is 25.3. The number of hydrogen-bond donors (Lipinski definition) is 1. The highest BCUT2D eigenvalue weighted by molar-refractivity contribution is 5.93. The number of carbonyl (C=O) groups excluding carboxylic acids is 2. The molecule has 0 aliphatic rings. The molecule has 1 N–H and O–H groups in total. The Labute approximate surface area is 209 Å². The van der Waals surface area contributed by atoms with Crippen molar-refractivity contribution in [3.63, 3.8) is 0 Å². The fourth-order valence-electron chi connectivity index (χ4n) is 3.67. The zero-order valence-corrected chi connectivity index (χ0v) is 20.1. The lowest BCUT2D eigenvalue weighted by molar-refractivity contribution is -0.121. The molecule has 4 rings (SSSR count). The Morgan fingerprint density at radius 3 is 2.50 bits per heavy atom. The van der Waals surface area contributed by atoms with Crippen LogP contribution >= 0.6 is 0 Å². The summed E-state index contributed by atoms with van der Waals surface area (Å²) in [7, 11) is 1.57. The van der Waals surface area contributed by atoms with E-state index in [1.165, 1.54) is 0 Å². The predicted molar refractivity (Wildman–Crippen MR) is 136 cm³/mol. The number of anilines is 1. The smallest absolute Gasteiger partial charge is 0.358 e. The number of ether oxygens (including phenoxy) is 3. The van der Waals surface area contributed by atoms with E-state index in [-0.39, 0.29) is 24.8 Å². The molecule has 184 valence electrons. The van der Waals surface area contributed by atoms with Crippen LogP contribution < -0.4 is 10.1 Å². The van der Waals surface area contributed by atoms with Crippen LogP contribution in [0.1, 0.15) is 23.0 Å². The maximum atomic E-state index is 12.5. The molecule has 0 atom stereocenters. The quantitative estimate of drug-likeness (QED) is 0.322. The number of para-hydroxylation sites is 2. The van der Waals surface area contributed by atoms with E-state index in [1.54, 1.807) is 30.8 Å². The number of esters is 1. The van der Waals surface area contributed by atoms with Gasteiger partial charge in [-0.05, 0) is 42.8 Å². The van der Waals surface area contributed by atoms with Gasteiger partial charge >= 0.3 is 5.97 Å². The van der Waals surface area contributed by atoms with Crippen molar-refractivity contribution < 1.29 is 23.8 Å². The molecule has 0 aliphatic heterocycles. The van der Waals surface area contributed by atoms with Crippen molar-refractivity contribution >= 4 is 17.6 Å². The number of nitrogens with one attached hydrogen (secondary N) is 1. The van der Waals surface area contributed by atoms with Crippen LogP contribution in [-0.4, -0.2) is 42.0 Å². The Morgan fingerprint density at radius 2 is 1.72 bits per heavy atom. The summed E-state index contributed by atoms with van der Waals surface area (Å²) in [6, 6.07) is 26.0. The molecule has 0 saturated carbocycles. The van der Waals surface area contributed by atoms with E-state index in [4.69, 9.17) is 14.2 Å². The van der Waals surface area contributed by atoms with Crippen LogP contribution in [0.5, 0.6) is 5.75 Å². The molecule has 0 aliphatic carbocycles. The fraction of sp³-hybridized carbons (Fsp3) is 0.179. The molecule has 3 aromatic carbocycles. The summed E-state index contributed by atoms with van der Waals surface area (Å²) in [4.78, 5) is 24.9. The van der Waals surface area contributed by atoms with Crippen molar-refractivity contribution in [1.82, 2.24) is 9.78 Å². The summed E-state index contributed by atoms with van der Waals surface area (Å²) >= 11 is 0. The number of aromatic nitrogens is 2. The summed E-state index contributed by atoms with van der Waals surface area (Å²) in [6.07, 6.45) is 0. The third kappa shape index (κ3) is 5.97. The number of methoxy groups -OCH3 is 1. The maximum Gasteiger partial charge on any atom is 0.358 e. The highest BCUT2D eigenvalue weighted by atomic mass is 16.5. The molecular formula is C28H27N3O5. The van der Waals surface area contributed by atoms with Gasteiger partial charge in [-0.15, -0.1) is 0 Å². The Bertz CT molecular complexity index is 1330. The highest BCUT2D eigenvalue weighted by Gasteiger charge is 2.20. The van der Waals surface area contributed by atoms with Crippen molar-refractivity contribution in [2.75, 3.05) is 25.6 Å². The standard InChI is InChI=1S/C28H27N3O5/c1-3-36-28(33)23-17-25(31(30-23)24-14-7-8-15-26(24)34-2)21-12-9-13-22(16-21)29-27(32)19-35-18-20-10-5-4-6-11-20/h4-17H,3,18-19H2,1-2H3,(H,29,32). The van der Waals surface area contributed by atoms with Gasteiger partial charge in [-0.2, -0.15) is 5.10 Å². The monoisotopic (exact) mass is 485 g/mol. The fourth-order valence-corrected chi connectivity index (χ4v) is 3.67. The minimum absolute atomic E-state index is 0.0781. The van der Waals surface area contributed by atoms with E-state index in [0.29, 0.717) is 29.4 Å². The van der Waals surface area contributed by atoms with Gasteiger partial charge in [-0.25, -0.2) is 9.48 Å². The van der Waals surface area contributed by atoms with Gasteiger partial charge in [0.15, 0.2) is 5.69 Å². The first kappa shape index (κ1) is 24.7. The second-order valence-corrected chi connectivity index (χ2v) is 7.83. The molecular weight excluding hydrogens is 458 g/mol. The Kier molecular flexibility index (Phi) is 8.10. The van der Waals surface area contributed by atoms with Gasteiger partial charge < -0.3 is 19.5 Å². The maximum absolute atomic E-state index is 12.5. The van der Waals surface area contributed by atoms with Crippen LogP contribution in [0, 0.1) is 0 Å². The molecule has 8 nitrogen and oxygen atoms in total. The van der Waals surface area contributed by atoms with Crippen LogP contribution in [0.25, 0.3) is 16.9 Å². The molecule has 8 heteroatoms. The molecule has 0 radical (unpaired) electrons. The average molecular weight is 486 g/mol. The molecule has 0 fully saturated rings. The number of nitrogens with zero attached hydrogens (tertiary/aromatic N) is 2. The van der Waals surface area contributed by atoms with E-state index in [9.17, 15) is 9.59 Å². The lowest BCUT2D eigenvalue weighted by Gasteiger charge is -2.12. The third-order valence-corrected chi connectivity index (χ3v) is 5.29. The lowest BCUT2D eigenvalue weighted by atomic mass is 10.1. The number of rotatable bonds is 10. The number of hydrogen-bond acceptors (Lipinski definition) is 6. The van der Waals surface area contributed by atoms with E-state index in [1.807, 2.05) is 72.8 Å². The SMILES string of the molecule is CCOC(=O)c1cc(-c2cccc(NC(=O)COCc3ccccc3)c2)n(-c2ccccc2OC)n1. The van der Waals surface area contributed by atoms with E-state index in [2.05, 4.69) is 10.4 Å². The van der Waals surface area contributed by atoms with E-state index >= 15 is 0 Å². The van der Waals surface area contributed by atoms with Crippen LogP contribution in [0.3, 0.4) is 0 Å². The highest BCUT2D eigenvalue weighted by Crippen LogP contribution is 2.30. The minimum atomic E-state index is -0.521. The van der Waals surface area contributed by atoms with Crippen molar-refractivity contribution in [2.24, 2.45) is 0 Å². The Morgan fingerprint density at radius 1 is 0.944 bits per heavy atom. The first-order valence-corrected chi connectivity index (χ1v) is 11.5. The van der Waals surface area contributed by atoms with Crippen molar-refractivity contribution in [2.45, 2.75) is 13.5 Å². The van der Waals surface area contributed by atoms with Crippen LogP contribution in [-0.2, 0) is 20.9 Å². The van der Waals surface area contributed by atoms with Gasteiger partial charge in [-0.3, -0.25) is 4.79 Å². The first-order chi connectivity index (χ1) is 17.6. The molecule has 0 spiro atoms. The predicted octanol–water partition coefficient (Wildman–Crippen LogP) is 4.88. The summed E-state index contributed by atoms with van der Waals surface area (Å²) in [6.45, 7) is 2.25. The molecule has 0 bridgehead atoms. The largest absolute Gasteiger partial charge is 0.494 e. The minimum Gasteiger partial charge on any atom is -0.494 e. The van der Waals surface area contributed by atoms with Gasteiger partial charge in [0.1, 0.15) is 18.0 Å². The molecule has 0 unspecified atom stereocenters. The van der Waals surface area contributed by atoms with Crippen LogP contribution in [0.4, 0.5) is 5.69 Å². The summed E-state index contributed by atoms with van der Waals surface area (Å²) in [5.74, 6) is -0.196. The zero-order valence-electron chi connectivity index (χ0n) is 20.1. The Balaban J connectivity index is 1.57. The van der Waals surface area contributed by atoms with Gasteiger partial charge in [0.05, 0.1) is 26.0 Å². The summed E-state index contributed by atoms with van der Waals surface area (Å²) in [5.41, 5.74) is 3.79. The molecule has 1 aromatic heterocycles. The van der Waals surface area contributed by atoms with E-state index < -0.39 is 5.97 Å². The number of carbonyl (C=O) groups is 2. The molecule has 1 heterocycles. The normalized spacial score (nSPS) is 10.6. The average Bonchev–Trinajstić information content (AvgIpc) is 3.35. The second-order valence-electron chi connectivity index (χ2n) is 7.83. The van der Waals surface area contributed by atoms with Gasteiger partial charge in [0.2, 0.25) is 5.91 Å². The second kappa shape index (κ2) is 11.8. The van der Waals surface area contributed by atoms with Crippen molar-refractivity contribution in [1.29, 1.82) is 0 Å². The molecule has 4 aromatic rings. The molecule has 1 amide bonds. The topological polar surface area (TPSA) is 91.7 Å². The summed E-state index contributed by atoms with van der Waals surface area (Å²) < 4.78 is 17.8. The number of amides is 1. The van der Waals surface area contributed by atoms with Crippen molar-refractivity contribution in [3.8, 4) is 22.7 Å². The van der Waals surface area contributed by atoms with Gasteiger partial charge in [0, 0.05) is 11.3 Å². The Hall–Kier alpha value is -4.43. The van der Waals surface area contributed by atoms with E-state index in [0.717, 1.165) is 11.1 Å². The lowest BCUT2D eigenvalue weighted by Crippen LogP contribution is -2.18. The summed E-state index contributed by atoms with van der Waals surface area (Å²) in [5, 5.41) is 7.36. The molecule has 0 saturated heterocycles. The van der Waals surface area contributed by atoms with Crippen LogP contribution in [0.2, 0.25) is 0 Å². The third-order valence-electron chi connectivity index (χ3n) is 5.29. The van der Waals surface area contributed by atoms with Crippen LogP contribution in [0.15, 0.2) is 84.9 Å². The van der Waals surface area contributed by atoms with Gasteiger partial charge in [-0.1, -0.05) is 54.6 Å². The van der Waals surface area contributed by atoms with Crippen molar-refractivity contribution in [3.05, 3.63) is 96.2 Å². The van der Waals surface area contributed by atoms with Gasteiger partial charge in [0.25, 0.3) is 0 Å². The first-order valence-electron chi connectivity index (χ1n) is 11.5. The number of benzene rings is 3.